The lowest BCUT2D eigenvalue weighted by Crippen LogP contribution is -2.47. The largest absolute Gasteiger partial charge is 0.241 e. The molecule has 0 aliphatic heterocycles. The fraction of sp³-hybridized carbons (Fsp3) is 0.571. The van der Waals surface area contributed by atoms with E-state index < -0.39 is 10.0 Å². The summed E-state index contributed by atoms with van der Waals surface area (Å²) in [4.78, 5) is 0.263. The zero-order valence-corrected chi connectivity index (χ0v) is 13.3. The summed E-state index contributed by atoms with van der Waals surface area (Å²) in [5, 5.41) is 0.532. The molecule has 0 spiro atoms. The lowest BCUT2D eigenvalue weighted by atomic mass is 9.89. The average Bonchev–Trinajstić information content (AvgIpc) is 2.38. The first-order valence-electron chi connectivity index (χ1n) is 6.68. The van der Waals surface area contributed by atoms with Crippen molar-refractivity contribution in [3.63, 3.8) is 0 Å². The molecule has 0 saturated carbocycles. The average molecular weight is 304 g/mol. The Balaban J connectivity index is 3.03. The van der Waals surface area contributed by atoms with Gasteiger partial charge in [-0.05, 0) is 43.5 Å². The molecule has 0 radical (unpaired) electrons. The van der Waals surface area contributed by atoms with E-state index >= 15 is 0 Å². The summed E-state index contributed by atoms with van der Waals surface area (Å²) in [6.07, 6.45) is 3.35. The number of halogens is 1. The van der Waals surface area contributed by atoms with Gasteiger partial charge in [0.15, 0.2) is 0 Å². The summed E-state index contributed by atoms with van der Waals surface area (Å²) in [6, 6.07) is 6.25. The molecular weight excluding hydrogens is 282 g/mol. The Morgan fingerprint density at radius 2 is 1.63 bits per heavy atom. The van der Waals surface area contributed by atoms with Gasteiger partial charge in [0, 0.05) is 10.6 Å². The van der Waals surface area contributed by atoms with Crippen molar-refractivity contribution in [2.45, 2.75) is 56.9 Å². The van der Waals surface area contributed by atoms with Gasteiger partial charge in [0.05, 0.1) is 4.90 Å². The highest BCUT2D eigenvalue weighted by atomic mass is 35.5. The Labute approximate surface area is 121 Å². The maximum atomic E-state index is 12.4. The summed E-state index contributed by atoms with van der Waals surface area (Å²) in [7, 11) is -3.49. The third-order valence-corrected chi connectivity index (χ3v) is 5.40. The van der Waals surface area contributed by atoms with Crippen LogP contribution in [0, 0.1) is 0 Å². The molecule has 1 aromatic rings. The second-order valence-corrected chi connectivity index (χ2v) is 6.92. The number of hydrogen-bond donors (Lipinski definition) is 1. The second kappa shape index (κ2) is 6.73. The van der Waals surface area contributed by atoms with Gasteiger partial charge in [0.2, 0.25) is 10.0 Å². The maximum absolute atomic E-state index is 12.4. The number of hydrogen-bond acceptors (Lipinski definition) is 2. The standard InChI is InChI=1S/C14H22ClNO2S/c1-4-11-14(5-2,6-3)16-19(17,18)13-9-7-12(15)8-10-13/h7-10,16H,4-6,11H2,1-3H3. The molecule has 0 heterocycles. The smallest absolute Gasteiger partial charge is 0.207 e. The van der Waals surface area contributed by atoms with E-state index in [0.29, 0.717) is 5.02 Å². The molecule has 19 heavy (non-hydrogen) atoms. The summed E-state index contributed by atoms with van der Waals surface area (Å²) >= 11 is 5.78. The van der Waals surface area contributed by atoms with Gasteiger partial charge in [-0.2, -0.15) is 0 Å². The molecule has 1 rings (SSSR count). The number of benzene rings is 1. The van der Waals surface area contributed by atoms with Crippen LogP contribution < -0.4 is 4.72 Å². The molecular formula is C14H22ClNO2S. The van der Waals surface area contributed by atoms with Gasteiger partial charge in [-0.15, -0.1) is 0 Å². The molecule has 0 aromatic heterocycles. The van der Waals surface area contributed by atoms with Crippen molar-refractivity contribution < 1.29 is 8.42 Å². The molecule has 1 aromatic carbocycles. The normalized spacial score (nSPS) is 12.6. The number of sulfonamides is 1. The highest BCUT2D eigenvalue weighted by Gasteiger charge is 2.31. The first-order valence-corrected chi connectivity index (χ1v) is 8.55. The van der Waals surface area contributed by atoms with Crippen molar-refractivity contribution in [1.29, 1.82) is 0 Å². The van der Waals surface area contributed by atoms with E-state index in [2.05, 4.69) is 11.6 Å². The molecule has 0 aliphatic rings. The van der Waals surface area contributed by atoms with Gasteiger partial charge in [-0.3, -0.25) is 0 Å². The summed E-state index contributed by atoms with van der Waals surface area (Å²) in [6.45, 7) is 6.10. The van der Waals surface area contributed by atoms with Crippen molar-refractivity contribution in [2.75, 3.05) is 0 Å². The minimum Gasteiger partial charge on any atom is -0.207 e. The van der Waals surface area contributed by atoms with Crippen LogP contribution in [0.5, 0.6) is 0 Å². The van der Waals surface area contributed by atoms with Gasteiger partial charge in [0.1, 0.15) is 0 Å². The van der Waals surface area contributed by atoms with Crippen molar-refractivity contribution in [3.8, 4) is 0 Å². The van der Waals surface area contributed by atoms with Crippen LogP contribution >= 0.6 is 11.6 Å². The zero-order chi connectivity index (χ0) is 14.5. The highest BCUT2D eigenvalue weighted by molar-refractivity contribution is 7.89. The van der Waals surface area contributed by atoms with E-state index in [9.17, 15) is 8.42 Å². The summed E-state index contributed by atoms with van der Waals surface area (Å²) in [5.74, 6) is 0. The lowest BCUT2D eigenvalue weighted by Gasteiger charge is -2.32. The van der Waals surface area contributed by atoms with Crippen LogP contribution in [0.2, 0.25) is 5.02 Å². The Morgan fingerprint density at radius 3 is 2.05 bits per heavy atom. The first-order chi connectivity index (χ1) is 8.89. The van der Waals surface area contributed by atoms with Gasteiger partial charge in [-0.1, -0.05) is 38.8 Å². The molecule has 0 unspecified atom stereocenters. The van der Waals surface area contributed by atoms with E-state index in [4.69, 9.17) is 11.6 Å². The molecule has 3 nitrogen and oxygen atoms in total. The molecule has 5 heteroatoms. The molecule has 0 aliphatic carbocycles. The second-order valence-electron chi connectivity index (χ2n) is 4.80. The zero-order valence-electron chi connectivity index (χ0n) is 11.7. The monoisotopic (exact) mass is 303 g/mol. The van der Waals surface area contributed by atoms with E-state index in [1.54, 1.807) is 12.1 Å². The van der Waals surface area contributed by atoms with E-state index in [-0.39, 0.29) is 10.4 Å². The van der Waals surface area contributed by atoms with Crippen LogP contribution in [0.15, 0.2) is 29.2 Å². The van der Waals surface area contributed by atoms with Crippen LogP contribution in [-0.4, -0.2) is 14.0 Å². The summed E-state index contributed by atoms with van der Waals surface area (Å²) < 4.78 is 27.7. The van der Waals surface area contributed by atoms with E-state index in [1.165, 1.54) is 12.1 Å². The van der Waals surface area contributed by atoms with Crippen molar-refractivity contribution >= 4 is 21.6 Å². The summed E-state index contributed by atoms with van der Waals surface area (Å²) in [5.41, 5.74) is -0.354. The van der Waals surface area contributed by atoms with Gasteiger partial charge in [-0.25, -0.2) is 13.1 Å². The van der Waals surface area contributed by atoms with Gasteiger partial charge in [0.25, 0.3) is 0 Å². The maximum Gasteiger partial charge on any atom is 0.241 e. The fourth-order valence-corrected chi connectivity index (χ4v) is 3.93. The minimum atomic E-state index is -3.49. The van der Waals surface area contributed by atoms with Gasteiger partial charge >= 0.3 is 0 Å². The molecule has 0 atom stereocenters. The number of nitrogens with one attached hydrogen (secondary N) is 1. The molecule has 0 saturated heterocycles. The number of rotatable bonds is 7. The van der Waals surface area contributed by atoms with Crippen LogP contribution in [0.3, 0.4) is 0 Å². The van der Waals surface area contributed by atoms with Crippen LogP contribution in [0.4, 0.5) is 0 Å². The van der Waals surface area contributed by atoms with Crippen molar-refractivity contribution in [3.05, 3.63) is 29.3 Å². The molecule has 0 amide bonds. The molecule has 1 N–H and O–H groups in total. The van der Waals surface area contributed by atoms with Crippen LogP contribution in [0.25, 0.3) is 0 Å². The van der Waals surface area contributed by atoms with Crippen molar-refractivity contribution in [1.82, 2.24) is 4.72 Å². The van der Waals surface area contributed by atoms with Crippen molar-refractivity contribution in [2.24, 2.45) is 0 Å². The third-order valence-electron chi connectivity index (χ3n) is 3.56. The van der Waals surface area contributed by atoms with Crippen LogP contribution in [0.1, 0.15) is 46.5 Å². The first kappa shape index (κ1) is 16.5. The Morgan fingerprint density at radius 1 is 1.11 bits per heavy atom. The Kier molecular flexibility index (Phi) is 5.83. The molecule has 108 valence electrons. The van der Waals surface area contributed by atoms with Gasteiger partial charge < -0.3 is 0 Å². The topological polar surface area (TPSA) is 46.2 Å². The Hall–Kier alpha value is -0.580. The minimum absolute atomic E-state index is 0.263. The lowest BCUT2D eigenvalue weighted by molar-refractivity contribution is 0.325. The predicted molar refractivity (Wildman–Crippen MR) is 80.0 cm³/mol. The van der Waals surface area contributed by atoms with Crippen LogP contribution in [-0.2, 0) is 10.0 Å². The third kappa shape index (κ3) is 4.20. The van der Waals surface area contributed by atoms with E-state index in [1.807, 2.05) is 13.8 Å². The molecule has 0 fully saturated rings. The quantitative estimate of drug-likeness (QED) is 0.828. The predicted octanol–water partition coefficient (Wildman–Crippen LogP) is 3.98. The Bertz CT molecular complexity index is 493. The SMILES string of the molecule is CCCC(CC)(CC)NS(=O)(=O)c1ccc(Cl)cc1. The fourth-order valence-electron chi connectivity index (χ4n) is 2.24. The highest BCUT2D eigenvalue weighted by Crippen LogP contribution is 2.25. The molecule has 0 bridgehead atoms. The van der Waals surface area contributed by atoms with E-state index in [0.717, 1.165) is 25.7 Å².